The molecule has 0 atom stereocenters. The standard InChI is InChI=1S/C15H12ClN3O/c16-11-1-2-12-13(9-18-14(12)7-11)15(20)19-8-10-3-5-17-6-4-10/h1-7,9,18H,8H2,(H,19,20). The minimum absolute atomic E-state index is 0.115. The SMILES string of the molecule is O=C(NCc1ccncc1)c1c[nH]c2cc(Cl)ccc12. The molecular weight excluding hydrogens is 274 g/mol. The summed E-state index contributed by atoms with van der Waals surface area (Å²) in [5, 5.41) is 4.39. The normalized spacial score (nSPS) is 10.7. The topological polar surface area (TPSA) is 57.8 Å². The van der Waals surface area contributed by atoms with Crippen LogP contribution in [0.2, 0.25) is 5.02 Å². The summed E-state index contributed by atoms with van der Waals surface area (Å²) < 4.78 is 0. The number of H-pyrrole nitrogens is 1. The van der Waals surface area contributed by atoms with Gasteiger partial charge in [0.25, 0.3) is 5.91 Å². The summed E-state index contributed by atoms with van der Waals surface area (Å²) >= 11 is 5.92. The number of rotatable bonds is 3. The van der Waals surface area contributed by atoms with Gasteiger partial charge in [-0.15, -0.1) is 0 Å². The highest BCUT2D eigenvalue weighted by molar-refractivity contribution is 6.31. The van der Waals surface area contributed by atoms with Gasteiger partial charge in [-0.3, -0.25) is 9.78 Å². The molecule has 0 saturated carbocycles. The van der Waals surface area contributed by atoms with E-state index in [2.05, 4.69) is 15.3 Å². The summed E-state index contributed by atoms with van der Waals surface area (Å²) in [6.07, 6.45) is 5.10. The van der Waals surface area contributed by atoms with Gasteiger partial charge in [-0.05, 0) is 29.8 Å². The Bertz CT molecular complexity index is 752. The van der Waals surface area contributed by atoms with Gasteiger partial charge in [0.1, 0.15) is 0 Å². The van der Waals surface area contributed by atoms with Crippen LogP contribution in [0, 0.1) is 0 Å². The zero-order chi connectivity index (χ0) is 13.9. The van der Waals surface area contributed by atoms with Gasteiger partial charge in [0.05, 0.1) is 5.56 Å². The Balaban J connectivity index is 1.79. The number of aromatic nitrogens is 2. The fraction of sp³-hybridized carbons (Fsp3) is 0.0667. The summed E-state index contributed by atoms with van der Waals surface area (Å²) in [6.45, 7) is 0.474. The van der Waals surface area contributed by atoms with Gasteiger partial charge in [-0.2, -0.15) is 0 Å². The third-order valence-electron chi connectivity index (χ3n) is 3.09. The van der Waals surface area contributed by atoms with Crippen molar-refractivity contribution in [2.24, 2.45) is 0 Å². The maximum Gasteiger partial charge on any atom is 0.253 e. The van der Waals surface area contributed by atoms with Crippen molar-refractivity contribution in [3.8, 4) is 0 Å². The van der Waals surface area contributed by atoms with Crippen LogP contribution in [0.15, 0.2) is 48.9 Å². The fourth-order valence-corrected chi connectivity index (χ4v) is 2.24. The lowest BCUT2D eigenvalue weighted by atomic mass is 10.1. The quantitative estimate of drug-likeness (QED) is 0.777. The number of hydrogen-bond donors (Lipinski definition) is 2. The molecule has 3 rings (SSSR count). The van der Waals surface area contributed by atoms with Crippen molar-refractivity contribution in [1.29, 1.82) is 0 Å². The van der Waals surface area contributed by atoms with E-state index >= 15 is 0 Å². The first-order chi connectivity index (χ1) is 9.74. The highest BCUT2D eigenvalue weighted by Crippen LogP contribution is 2.21. The largest absolute Gasteiger partial charge is 0.360 e. The van der Waals surface area contributed by atoms with Crippen LogP contribution >= 0.6 is 11.6 Å². The van der Waals surface area contributed by atoms with Crippen LogP contribution in [0.25, 0.3) is 10.9 Å². The van der Waals surface area contributed by atoms with Crippen LogP contribution in [-0.2, 0) is 6.54 Å². The van der Waals surface area contributed by atoms with Crippen molar-refractivity contribution in [2.45, 2.75) is 6.54 Å². The van der Waals surface area contributed by atoms with Crippen LogP contribution in [0.5, 0.6) is 0 Å². The maximum absolute atomic E-state index is 12.2. The van der Waals surface area contributed by atoms with Crippen LogP contribution in [0.4, 0.5) is 0 Å². The second-order valence-corrected chi connectivity index (χ2v) is 4.87. The number of hydrogen-bond acceptors (Lipinski definition) is 2. The molecule has 2 N–H and O–H groups in total. The predicted octanol–water partition coefficient (Wildman–Crippen LogP) is 3.15. The molecule has 0 radical (unpaired) electrons. The lowest BCUT2D eigenvalue weighted by Crippen LogP contribution is -2.22. The Morgan fingerprint density at radius 3 is 2.85 bits per heavy atom. The Morgan fingerprint density at radius 2 is 2.05 bits per heavy atom. The van der Waals surface area contributed by atoms with Gasteiger partial charge in [-0.1, -0.05) is 17.7 Å². The Labute approximate surface area is 120 Å². The first-order valence-corrected chi connectivity index (χ1v) is 6.55. The van der Waals surface area contributed by atoms with E-state index in [-0.39, 0.29) is 5.91 Å². The molecule has 0 bridgehead atoms. The molecule has 0 unspecified atom stereocenters. The molecule has 5 heteroatoms. The molecule has 1 aromatic carbocycles. The van der Waals surface area contributed by atoms with Gasteiger partial charge in [0.15, 0.2) is 0 Å². The van der Waals surface area contributed by atoms with E-state index in [9.17, 15) is 4.79 Å². The number of aromatic amines is 1. The molecule has 3 aromatic rings. The summed E-state index contributed by atoms with van der Waals surface area (Å²) in [5.41, 5.74) is 2.48. The first-order valence-electron chi connectivity index (χ1n) is 6.18. The van der Waals surface area contributed by atoms with Crippen molar-refractivity contribution in [1.82, 2.24) is 15.3 Å². The molecule has 4 nitrogen and oxygen atoms in total. The molecule has 0 aliphatic heterocycles. The lowest BCUT2D eigenvalue weighted by Gasteiger charge is -2.04. The van der Waals surface area contributed by atoms with Gasteiger partial charge in [-0.25, -0.2) is 0 Å². The number of carbonyl (C=O) groups is 1. The third-order valence-corrected chi connectivity index (χ3v) is 3.33. The highest BCUT2D eigenvalue weighted by atomic mass is 35.5. The summed E-state index contributed by atoms with van der Waals surface area (Å²) in [5.74, 6) is -0.115. The predicted molar refractivity (Wildman–Crippen MR) is 78.7 cm³/mol. The van der Waals surface area contributed by atoms with Crippen molar-refractivity contribution < 1.29 is 4.79 Å². The second kappa shape index (κ2) is 5.35. The molecule has 100 valence electrons. The van der Waals surface area contributed by atoms with Crippen molar-refractivity contribution in [3.63, 3.8) is 0 Å². The van der Waals surface area contributed by atoms with E-state index in [4.69, 9.17) is 11.6 Å². The van der Waals surface area contributed by atoms with Crippen molar-refractivity contribution in [3.05, 3.63) is 65.1 Å². The maximum atomic E-state index is 12.2. The second-order valence-electron chi connectivity index (χ2n) is 4.43. The molecule has 0 fully saturated rings. The lowest BCUT2D eigenvalue weighted by molar-refractivity contribution is 0.0952. The molecule has 0 aliphatic rings. The smallest absolute Gasteiger partial charge is 0.253 e. The van der Waals surface area contributed by atoms with Crippen molar-refractivity contribution in [2.75, 3.05) is 0 Å². The number of amides is 1. The molecule has 2 heterocycles. The fourth-order valence-electron chi connectivity index (χ4n) is 2.06. The van der Waals surface area contributed by atoms with E-state index in [1.165, 1.54) is 0 Å². The van der Waals surface area contributed by atoms with Gasteiger partial charge in [0.2, 0.25) is 0 Å². The minimum atomic E-state index is -0.115. The number of nitrogens with zero attached hydrogens (tertiary/aromatic N) is 1. The Hall–Kier alpha value is -2.33. The molecule has 0 spiro atoms. The number of pyridine rings is 1. The summed E-state index contributed by atoms with van der Waals surface area (Å²) in [4.78, 5) is 19.2. The summed E-state index contributed by atoms with van der Waals surface area (Å²) in [7, 11) is 0. The Kier molecular flexibility index (Phi) is 3.39. The van der Waals surface area contributed by atoms with Gasteiger partial charge >= 0.3 is 0 Å². The van der Waals surface area contributed by atoms with E-state index in [0.29, 0.717) is 17.1 Å². The average molecular weight is 286 g/mol. The number of benzene rings is 1. The summed E-state index contributed by atoms with van der Waals surface area (Å²) in [6, 6.07) is 9.16. The zero-order valence-electron chi connectivity index (χ0n) is 10.6. The van der Waals surface area contributed by atoms with E-state index < -0.39 is 0 Å². The number of carbonyl (C=O) groups excluding carboxylic acids is 1. The van der Waals surface area contributed by atoms with Gasteiger partial charge in [0, 0.05) is 41.1 Å². The van der Waals surface area contributed by atoms with Crippen LogP contribution in [0.1, 0.15) is 15.9 Å². The van der Waals surface area contributed by atoms with Crippen LogP contribution in [0.3, 0.4) is 0 Å². The Morgan fingerprint density at radius 1 is 1.25 bits per heavy atom. The number of fused-ring (bicyclic) bond motifs is 1. The minimum Gasteiger partial charge on any atom is -0.360 e. The third kappa shape index (κ3) is 2.51. The van der Waals surface area contributed by atoms with E-state index in [1.54, 1.807) is 30.7 Å². The number of nitrogens with one attached hydrogen (secondary N) is 2. The molecule has 2 aromatic heterocycles. The molecule has 1 amide bonds. The van der Waals surface area contributed by atoms with Crippen LogP contribution < -0.4 is 5.32 Å². The average Bonchev–Trinajstić information content (AvgIpc) is 2.89. The zero-order valence-corrected chi connectivity index (χ0v) is 11.3. The molecule has 0 saturated heterocycles. The number of halogens is 1. The van der Waals surface area contributed by atoms with Crippen molar-refractivity contribution >= 4 is 28.4 Å². The monoisotopic (exact) mass is 285 g/mol. The first kappa shape index (κ1) is 12.7. The van der Waals surface area contributed by atoms with Crippen LogP contribution in [-0.4, -0.2) is 15.9 Å². The molecule has 20 heavy (non-hydrogen) atoms. The van der Waals surface area contributed by atoms with Gasteiger partial charge < -0.3 is 10.3 Å². The van der Waals surface area contributed by atoms with E-state index in [0.717, 1.165) is 16.5 Å². The van der Waals surface area contributed by atoms with E-state index in [1.807, 2.05) is 18.2 Å². The molecule has 0 aliphatic carbocycles. The molecular formula is C15H12ClN3O. The highest BCUT2D eigenvalue weighted by Gasteiger charge is 2.11.